The quantitative estimate of drug-likeness (QED) is 0.779. The van der Waals surface area contributed by atoms with Crippen LogP contribution in [0, 0.1) is 5.92 Å². The van der Waals surface area contributed by atoms with Crippen molar-refractivity contribution in [3.05, 3.63) is 11.8 Å². The van der Waals surface area contributed by atoms with Gasteiger partial charge in [0.25, 0.3) is 0 Å². The second-order valence-corrected chi connectivity index (χ2v) is 3.51. The van der Waals surface area contributed by atoms with E-state index in [0.29, 0.717) is 5.82 Å². The van der Waals surface area contributed by atoms with Gasteiger partial charge in [-0.15, -0.1) is 5.11 Å². The third-order valence-electron chi connectivity index (χ3n) is 2.06. The second kappa shape index (κ2) is 2.90. The Hall–Kier alpha value is -1.72. The predicted octanol–water partition coefficient (Wildman–Crippen LogP) is 1.83. The minimum Gasteiger partial charge on any atom is -0.476 e. The minimum atomic E-state index is -1.04. The summed E-state index contributed by atoms with van der Waals surface area (Å²) >= 11 is 0. The Morgan fingerprint density at radius 3 is 2.93 bits per heavy atom. The van der Waals surface area contributed by atoms with Gasteiger partial charge in [0.05, 0.1) is 0 Å². The van der Waals surface area contributed by atoms with E-state index in [1.165, 1.54) is 6.07 Å². The van der Waals surface area contributed by atoms with Crippen LogP contribution in [0.4, 0.5) is 5.82 Å². The molecule has 6 nitrogen and oxygen atoms in total. The van der Waals surface area contributed by atoms with E-state index in [-0.39, 0.29) is 17.8 Å². The fourth-order valence-corrected chi connectivity index (χ4v) is 1.34. The Kier molecular flexibility index (Phi) is 1.83. The highest BCUT2D eigenvalue weighted by atomic mass is 16.4. The van der Waals surface area contributed by atoms with E-state index in [4.69, 9.17) is 5.11 Å². The van der Waals surface area contributed by atoms with E-state index in [1.54, 1.807) is 4.68 Å². The fourth-order valence-electron chi connectivity index (χ4n) is 1.34. The zero-order valence-electron chi connectivity index (χ0n) is 7.88. The molecule has 6 heteroatoms. The number of azo groups is 1. The number of fused-ring (bicyclic) bond motifs is 1. The van der Waals surface area contributed by atoms with Crippen LogP contribution in [0.3, 0.4) is 0 Å². The van der Waals surface area contributed by atoms with Crippen LogP contribution in [0.2, 0.25) is 0 Å². The molecule has 1 aliphatic rings. The summed E-state index contributed by atoms with van der Waals surface area (Å²) in [7, 11) is 0. The average Bonchev–Trinajstić information content (AvgIpc) is 2.58. The first-order valence-corrected chi connectivity index (χ1v) is 4.33. The molecular weight excluding hydrogens is 184 g/mol. The molecule has 1 aromatic rings. The maximum Gasteiger partial charge on any atom is 0.356 e. The summed E-state index contributed by atoms with van der Waals surface area (Å²) in [6.45, 7) is 3.97. The second-order valence-electron chi connectivity index (χ2n) is 3.51. The minimum absolute atomic E-state index is 0.0179. The number of nitrogens with zero attached hydrogens (tertiary/aromatic N) is 4. The van der Waals surface area contributed by atoms with Crippen molar-refractivity contribution in [1.29, 1.82) is 0 Å². The van der Waals surface area contributed by atoms with Gasteiger partial charge in [-0.25, -0.2) is 9.48 Å². The number of carbonyl (C=O) groups is 1. The van der Waals surface area contributed by atoms with E-state index >= 15 is 0 Å². The van der Waals surface area contributed by atoms with Gasteiger partial charge in [0.2, 0.25) is 0 Å². The number of hydrogen-bond donors (Lipinski definition) is 1. The Bertz CT molecular complexity index is 407. The summed E-state index contributed by atoms with van der Waals surface area (Å²) in [6.07, 6.45) is -0.168. The van der Waals surface area contributed by atoms with Crippen LogP contribution in [0.1, 0.15) is 30.5 Å². The van der Waals surface area contributed by atoms with Gasteiger partial charge in [-0.1, -0.05) is 13.8 Å². The van der Waals surface area contributed by atoms with Crippen LogP contribution in [0.15, 0.2) is 16.3 Å². The molecular formula is C8H10N4O2. The van der Waals surface area contributed by atoms with Gasteiger partial charge in [0, 0.05) is 6.07 Å². The van der Waals surface area contributed by atoms with Crippen LogP contribution < -0.4 is 0 Å². The van der Waals surface area contributed by atoms with Crippen LogP contribution >= 0.6 is 0 Å². The van der Waals surface area contributed by atoms with Crippen LogP contribution in [-0.2, 0) is 0 Å². The number of aromatic carboxylic acids is 1. The lowest BCUT2D eigenvalue weighted by Gasteiger charge is -2.10. The average molecular weight is 194 g/mol. The third kappa shape index (κ3) is 1.19. The highest BCUT2D eigenvalue weighted by Gasteiger charge is 2.26. The third-order valence-corrected chi connectivity index (χ3v) is 2.06. The first-order valence-electron chi connectivity index (χ1n) is 4.33. The zero-order valence-corrected chi connectivity index (χ0v) is 7.88. The van der Waals surface area contributed by atoms with E-state index < -0.39 is 5.97 Å². The predicted molar refractivity (Wildman–Crippen MR) is 47.6 cm³/mol. The summed E-state index contributed by atoms with van der Waals surface area (Å²) in [5, 5.41) is 20.5. The summed E-state index contributed by atoms with van der Waals surface area (Å²) in [6, 6.07) is 1.42. The molecule has 14 heavy (non-hydrogen) atoms. The molecule has 0 saturated carbocycles. The molecule has 0 fully saturated rings. The number of hydrogen-bond acceptors (Lipinski definition) is 4. The molecule has 1 N–H and O–H groups in total. The van der Waals surface area contributed by atoms with E-state index in [9.17, 15) is 4.79 Å². The topological polar surface area (TPSA) is 79.8 Å². The lowest BCUT2D eigenvalue weighted by Crippen LogP contribution is -2.11. The molecule has 2 rings (SSSR count). The number of aromatic nitrogens is 2. The fraction of sp³-hybridized carbons (Fsp3) is 0.500. The number of carboxylic acids is 1. The Labute approximate surface area is 80.3 Å². The van der Waals surface area contributed by atoms with Gasteiger partial charge < -0.3 is 5.11 Å². The zero-order chi connectivity index (χ0) is 10.3. The van der Waals surface area contributed by atoms with Gasteiger partial charge in [0.15, 0.2) is 17.7 Å². The smallest absolute Gasteiger partial charge is 0.356 e. The molecule has 1 aromatic heterocycles. The van der Waals surface area contributed by atoms with Crippen LogP contribution in [0.25, 0.3) is 0 Å². The van der Waals surface area contributed by atoms with E-state index in [0.717, 1.165) is 0 Å². The molecule has 1 aliphatic heterocycles. The molecule has 0 bridgehead atoms. The van der Waals surface area contributed by atoms with Gasteiger partial charge >= 0.3 is 5.97 Å². The van der Waals surface area contributed by atoms with Crippen molar-refractivity contribution in [3.8, 4) is 0 Å². The summed E-state index contributed by atoms with van der Waals surface area (Å²) in [5.41, 5.74) is 0.0179. The molecule has 2 heterocycles. The maximum absolute atomic E-state index is 10.6. The van der Waals surface area contributed by atoms with Crippen molar-refractivity contribution in [3.63, 3.8) is 0 Å². The van der Waals surface area contributed by atoms with E-state index in [2.05, 4.69) is 15.3 Å². The van der Waals surface area contributed by atoms with E-state index in [1.807, 2.05) is 13.8 Å². The molecule has 0 saturated heterocycles. The Morgan fingerprint density at radius 1 is 1.64 bits per heavy atom. The summed E-state index contributed by atoms with van der Waals surface area (Å²) in [5.74, 6) is -0.271. The standard InChI is InChI=1S/C8H10N4O2/c1-4(2)7-10-9-6-3-5(8(13)14)11-12(6)7/h3-4,7H,1-2H3,(H,13,14). The number of rotatable bonds is 2. The van der Waals surface area contributed by atoms with Crippen molar-refractivity contribution >= 4 is 11.8 Å². The highest BCUT2D eigenvalue weighted by molar-refractivity contribution is 5.86. The monoisotopic (exact) mass is 194 g/mol. The SMILES string of the molecule is CC(C)C1N=Nc2cc(C(=O)O)nn21. The molecule has 1 unspecified atom stereocenters. The van der Waals surface area contributed by atoms with Crippen LogP contribution in [0.5, 0.6) is 0 Å². The van der Waals surface area contributed by atoms with Crippen molar-refractivity contribution in [2.45, 2.75) is 20.0 Å². The molecule has 0 aliphatic carbocycles. The van der Waals surface area contributed by atoms with Crippen LogP contribution in [-0.4, -0.2) is 20.9 Å². The lowest BCUT2D eigenvalue weighted by atomic mass is 10.2. The van der Waals surface area contributed by atoms with Crippen molar-refractivity contribution in [2.75, 3.05) is 0 Å². The Morgan fingerprint density at radius 2 is 2.36 bits per heavy atom. The summed E-state index contributed by atoms with van der Waals surface area (Å²) in [4.78, 5) is 10.6. The lowest BCUT2D eigenvalue weighted by molar-refractivity contribution is 0.0688. The molecule has 0 spiro atoms. The Balaban J connectivity index is 2.40. The summed E-state index contributed by atoms with van der Waals surface area (Å²) < 4.78 is 1.55. The van der Waals surface area contributed by atoms with Gasteiger partial charge in [0.1, 0.15) is 0 Å². The first kappa shape index (κ1) is 8.86. The van der Waals surface area contributed by atoms with Gasteiger partial charge in [-0.05, 0) is 5.92 Å². The van der Waals surface area contributed by atoms with Crippen molar-refractivity contribution in [2.24, 2.45) is 16.1 Å². The number of carboxylic acid groups (broad SMARTS) is 1. The van der Waals surface area contributed by atoms with Crippen molar-refractivity contribution < 1.29 is 9.90 Å². The molecule has 1 atom stereocenters. The van der Waals surface area contributed by atoms with Crippen molar-refractivity contribution in [1.82, 2.24) is 9.78 Å². The maximum atomic E-state index is 10.6. The molecule has 74 valence electrons. The normalized spacial score (nSPS) is 18.9. The molecule has 0 aromatic carbocycles. The van der Waals surface area contributed by atoms with Gasteiger partial charge in [-0.2, -0.15) is 10.2 Å². The molecule has 0 amide bonds. The molecule has 0 radical (unpaired) electrons. The largest absolute Gasteiger partial charge is 0.476 e. The highest BCUT2D eigenvalue weighted by Crippen LogP contribution is 2.32. The van der Waals surface area contributed by atoms with Gasteiger partial charge in [-0.3, -0.25) is 0 Å². The first-order chi connectivity index (χ1) is 6.59.